The molecule has 0 aromatic rings. The Hall–Kier alpha value is -0.290. The van der Waals surface area contributed by atoms with Crippen molar-refractivity contribution in [2.24, 2.45) is 5.73 Å². The molecule has 92 valence electrons. The Morgan fingerprint density at radius 2 is 1.80 bits per heavy atom. The molecule has 3 N–H and O–H groups in total. The first-order valence-electron chi connectivity index (χ1n) is 5.33. The standard InChI is InChI=1S/C10H21F3N2/c1-4-6-9(3,5-2)15-8(7-14)10(11,12)13/h8,15H,4-7,14H2,1-3H3. The van der Waals surface area contributed by atoms with Gasteiger partial charge >= 0.3 is 6.18 Å². The average Bonchev–Trinajstić information content (AvgIpc) is 2.13. The van der Waals surface area contributed by atoms with Crippen LogP contribution in [0.4, 0.5) is 13.2 Å². The first-order chi connectivity index (χ1) is 6.79. The molecular formula is C10H21F3N2. The van der Waals surface area contributed by atoms with E-state index in [4.69, 9.17) is 5.73 Å². The van der Waals surface area contributed by atoms with Crippen molar-refractivity contribution in [2.75, 3.05) is 6.54 Å². The van der Waals surface area contributed by atoms with Gasteiger partial charge in [-0.2, -0.15) is 13.2 Å². The smallest absolute Gasteiger partial charge is 0.329 e. The van der Waals surface area contributed by atoms with Gasteiger partial charge < -0.3 is 5.73 Å². The maximum atomic E-state index is 12.5. The van der Waals surface area contributed by atoms with Crippen molar-refractivity contribution in [2.45, 2.75) is 57.8 Å². The molecule has 0 saturated carbocycles. The third kappa shape index (κ3) is 4.84. The van der Waals surface area contributed by atoms with Gasteiger partial charge in [-0.1, -0.05) is 20.3 Å². The van der Waals surface area contributed by atoms with Crippen LogP contribution in [0.1, 0.15) is 40.0 Å². The third-order valence-corrected chi connectivity index (χ3v) is 2.74. The predicted octanol–water partition coefficient (Wildman–Crippen LogP) is 2.43. The SMILES string of the molecule is CCCC(C)(CC)NC(CN)C(F)(F)F. The predicted molar refractivity (Wildman–Crippen MR) is 55.6 cm³/mol. The topological polar surface area (TPSA) is 38.0 Å². The molecule has 0 heterocycles. The molecule has 0 spiro atoms. The number of halogens is 3. The number of rotatable bonds is 6. The molecule has 0 aromatic heterocycles. The number of nitrogens with two attached hydrogens (primary N) is 1. The van der Waals surface area contributed by atoms with Crippen molar-refractivity contribution >= 4 is 0 Å². The van der Waals surface area contributed by atoms with Gasteiger partial charge in [0.25, 0.3) is 0 Å². The van der Waals surface area contributed by atoms with Crippen LogP contribution in [0.25, 0.3) is 0 Å². The first kappa shape index (κ1) is 14.7. The highest BCUT2D eigenvalue weighted by Crippen LogP contribution is 2.24. The molecule has 15 heavy (non-hydrogen) atoms. The van der Waals surface area contributed by atoms with Crippen molar-refractivity contribution in [1.82, 2.24) is 5.32 Å². The van der Waals surface area contributed by atoms with Crippen LogP contribution in [0, 0.1) is 0 Å². The zero-order valence-electron chi connectivity index (χ0n) is 9.62. The summed E-state index contributed by atoms with van der Waals surface area (Å²) in [5.41, 5.74) is 4.66. The number of alkyl halides is 3. The monoisotopic (exact) mass is 226 g/mol. The molecule has 0 radical (unpaired) electrons. The second-order valence-electron chi connectivity index (χ2n) is 4.14. The molecule has 0 aliphatic carbocycles. The van der Waals surface area contributed by atoms with Gasteiger partial charge in [-0.05, 0) is 19.8 Å². The summed E-state index contributed by atoms with van der Waals surface area (Å²) >= 11 is 0. The highest BCUT2D eigenvalue weighted by molar-refractivity contribution is 4.88. The van der Waals surface area contributed by atoms with Gasteiger partial charge in [0.15, 0.2) is 0 Å². The first-order valence-corrected chi connectivity index (χ1v) is 5.33. The van der Waals surface area contributed by atoms with E-state index in [0.29, 0.717) is 6.42 Å². The average molecular weight is 226 g/mol. The lowest BCUT2D eigenvalue weighted by Gasteiger charge is -2.34. The molecule has 0 aliphatic heterocycles. The van der Waals surface area contributed by atoms with Crippen molar-refractivity contribution in [3.8, 4) is 0 Å². The molecule has 0 saturated heterocycles. The van der Waals surface area contributed by atoms with Crippen molar-refractivity contribution < 1.29 is 13.2 Å². The normalized spacial score (nSPS) is 18.6. The van der Waals surface area contributed by atoms with E-state index in [0.717, 1.165) is 12.8 Å². The lowest BCUT2D eigenvalue weighted by molar-refractivity contribution is -0.158. The van der Waals surface area contributed by atoms with Crippen molar-refractivity contribution in [3.05, 3.63) is 0 Å². The van der Waals surface area contributed by atoms with Crippen LogP contribution >= 0.6 is 0 Å². The second kappa shape index (κ2) is 5.70. The number of nitrogens with one attached hydrogen (secondary N) is 1. The second-order valence-corrected chi connectivity index (χ2v) is 4.14. The van der Waals surface area contributed by atoms with E-state index >= 15 is 0 Å². The van der Waals surface area contributed by atoms with E-state index in [2.05, 4.69) is 5.32 Å². The maximum Gasteiger partial charge on any atom is 0.405 e. The van der Waals surface area contributed by atoms with E-state index in [9.17, 15) is 13.2 Å². The van der Waals surface area contributed by atoms with Crippen LogP contribution in [-0.2, 0) is 0 Å². The summed E-state index contributed by atoms with van der Waals surface area (Å²) in [5, 5.41) is 2.62. The summed E-state index contributed by atoms with van der Waals surface area (Å²) in [6, 6.07) is -1.60. The Morgan fingerprint density at radius 1 is 1.27 bits per heavy atom. The fourth-order valence-corrected chi connectivity index (χ4v) is 1.60. The van der Waals surface area contributed by atoms with Crippen LogP contribution in [-0.4, -0.2) is 24.3 Å². The lowest BCUT2D eigenvalue weighted by atomic mass is 9.92. The molecule has 2 atom stereocenters. The fourth-order valence-electron chi connectivity index (χ4n) is 1.60. The minimum Gasteiger partial charge on any atom is -0.329 e. The molecule has 2 unspecified atom stereocenters. The molecule has 0 aromatic carbocycles. The van der Waals surface area contributed by atoms with Crippen LogP contribution in [0.15, 0.2) is 0 Å². The van der Waals surface area contributed by atoms with Crippen molar-refractivity contribution in [1.29, 1.82) is 0 Å². The Balaban J connectivity index is 4.50. The zero-order chi connectivity index (χ0) is 12.1. The molecule has 0 rings (SSSR count). The minimum absolute atomic E-state index is 0.414. The molecular weight excluding hydrogens is 205 g/mol. The molecule has 0 aliphatic rings. The summed E-state index contributed by atoms with van der Waals surface area (Å²) in [4.78, 5) is 0. The van der Waals surface area contributed by atoms with E-state index in [1.54, 1.807) is 0 Å². The largest absolute Gasteiger partial charge is 0.405 e. The van der Waals surface area contributed by atoms with Crippen LogP contribution in [0.2, 0.25) is 0 Å². The third-order valence-electron chi connectivity index (χ3n) is 2.74. The van der Waals surface area contributed by atoms with Gasteiger partial charge in [0.2, 0.25) is 0 Å². The number of hydrogen-bond donors (Lipinski definition) is 2. The summed E-state index contributed by atoms with van der Waals surface area (Å²) in [6.07, 6.45) is -2.03. The van der Waals surface area contributed by atoms with Crippen LogP contribution in [0.3, 0.4) is 0 Å². The van der Waals surface area contributed by atoms with Crippen LogP contribution < -0.4 is 11.1 Å². The Kier molecular flexibility index (Phi) is 5.59. The molecule has 5 heteroatoms. The van der Waals surface area contributed by atoms with Gasteiger partial charge in [-0.3, -0.25) is 5.32 Å². The van der Waals surface area contributed by atoms with Crippen molar-refractivity contribution in [3.63, 3.8) is 0 Å². The summed E-state index contributed by atoms with van der Waals surface area (Å²) in [7, 11) is 0. The fraction of sp³-hybridized carbons (Fsp3) is 1.00. The summed E-state index contributed by atoms with van der Waals surface area (Å²) in [5.74, 6) is 0. The van der Waals surface area contributed by atoms with E-state index in [1.807, 2.05) is 20.8 Å². The summed E-state index contributed by atoms with van der Waals surface area (Å²) < 4.78 is 37.5. The maximum absolute atomic E-state index is 12.5. The van der Waals surface area contributed by atoms with E-state index in [-0.39, 0.29) is 0 Å². The molecule has 0 fully saturated rings. The van der Waals surface area contributed by atoms with E-state index in [1.165, 1.54) is 0 Å². The summed E-state index contributed by atoms with van der Waals surface area (Å²) in [6.45, 7) is 5.24. The van der Waals surface area contributed by atoms with Gasteiger partial charge in [-0.25, -0.2) is 0 Å². The van der Waals surface area contributed by atoms with Gasteiger partial charge in [0, 0.05) is 12.1 Å². The highest BCUT2D eigenvalue weighted by atomic mass is 19.4. The van der Waals surface area contributed by atoms with Crippen LogP contribution in [0.5, 0.6) is 0 Å². The molecule has 0 amide bonds. The molecule has 2 nitrogen and oxygen atoms in total. The quantitative estimate of drug-likeness (QED) is 0.730. The Labute approximate surface area is 89.4 Å². The Bertz CT molecular complexity index is 182. The van der Waals surface area contributed by atoms with Gasteiger partial charge in [0.05, 0.1) is 0 Å². The zero-order valence-corrected chi connectivity index (χ0v) is 9.62. The highest BCUT2D eigenvalue weighted by Gasteiger charge is 2.41. The lowest BCUT2D eigenvalue weighted by Crippen LogP contribution is -2.56. The van der Waals surface area contributed by atoms with Gasteiger partial charge in [0.1, 0.15) is 6.04 Å². The van der Waals surface area contributed by atoms with Gasteiger partial charge in [-0.15, -0.1) is 0 Å². The molecule has 0 bridgehead atoms. The van der Waals surface area contributed by atoms with E-state index < -0.39 is 24.3 Å². The minimum atomic E-state index is -4.26. The number of hydrogen-bond acceptors (Lipinski definition) is 2. The Morgan fingerprint density at radius 3 is 2.07 bits per heavy atom.